The maximum atomic E-state index is 9.47. The van der Waals surface area contributed by atoms with Crippen LogP contribution in [0.15, 0.2) is 48.8 Å². The number of aromatic hydroxyl groups is 1. The molecule has 0 saturated heterocycles. The second-order valence-corrected chi connectivity index (χ2v) is 4.39. The monoisotopic (exact) mass is 254 g/mol. The number of ether oxygens (including phenoxy) is 1. The van der Waals surface area contributed by atoms with Crippen LogP contribution in [-0.2, 0) is 6.42 Å². The van der Waals surface area contributed by atoms with Crippen LogP contribution in [-0.4, -0.2) is 21.6 Å². The number of phenolic OH excluding ortho intramolecular Hbond substituents is 1. The molecular formula is C15H14N2O2. The Balaban J connectivity index is 1.98. The quantitative estimate of drug-likeness (QED) is 0.781. The SMILES string of the molecule is COc1cccn2cc(Cc3cccc(O)c3)nc12. The highest BCUT2D eigenvalue weighted by molar-refractivity contribution is 5.54. The van der Waals surface area contributed by atoms with Gasteiger partial charge in [-0.2, -0.15) is 0 Å². The van der Waals surface area contributed by atoms with Crippen molar-refractivity contribution in [1.82, 2.24) is 9.38 Å². The molecule has 0 spiro atoms. The molecule has 0 aliphatic rings. The minimum atomic E-state index is 0.277. The Hall–Kier alpha value is -2.49. The van der Waals surface area contributed by atoms with Crippen LogP contribution in [0, 0.1) is 0 Å². The summed E-state index contributed by atoms with van der Waals surface area (Å²) in [6, 6.07) is 11.0. The molecule has 1 N–H and O–H groups in total. The summed E-state index contributed by atoms with van der Waals surface area (Å²) < 4.78 is 7.23. The zero-order chi connectivity index (χ0) is 13.2. The Bertz CT molecular complexity index is 719. The van der Waals surface area contributed by atoms with Gasteiger partial charge in [-0.3, -0.25) is 0 Å². The summed E-state index contributed by atoms with van der Waals surface area (Å²) in [6.07, 6.45) is 4.60. The minimum Gasteiger partial charge on any atom is -0.508 e. The van der Waals surface area contributed by atoms with Gasteiger partial charge in [0.25, 0.3) is 0 Å². The fraction of sp³-hybridized carbons (Fsp3) is 0.133. The number of rotatable bonds is 3. The summed E-state index contributed by atoms with van der Waals surface area (Å²) >= 11 is 0. The van der Waals surface area contributed by atoms with E-state index in [1.165, 1.54) is 0 Å². The number of hydrogen-bond acceptors (Lipinski definition) is 3. The lowest BCUT2D eigenvalue weighted by Gasteiger charge is -1.99. The van der Waals surface area contributed by atoms with E-state index >= 15 is 0 Å². The van der Waals surface area contributed by atoms with E-state index in [9.17, 15) is 5.11 Å². The average Bonchev–Trinajstić information content (AvgIpc) is 2.80. The molecule has 3 aromatic rings. The Morgan fingerprint density at radius 2 is 2.16 bits per heavy atom. The first kappa shape index (κ1) is 11.6. The third-order valence-corrected chi connectivity index (χ3v) is 3.01. The molecule has 3 rings (SSSR count). The standard InChI is InChI=1S/C15H14N2O2/c1-19-14-6-3-7-17-10-12(16-15(14)17)8-11-4-2-5-13(18)9-11/h2-7,9-10,18H,8H2,1H3. The van der Waals surface area contributed by atoms with E-state index in [0.717, 1.165) is 22.7 Å². The average molecular weight is 254 g/mol. The number of imidazole rings is 1. The first-order valence-electron chi connectivity index (χ1n) is 6.05. The number of nitrogens with zero attached hydrogens (tertiary/aromatic N) is 2. The molecule has 0 aliphatic heterocycles. The summed E-state index contributed by atoms with van der Waals surface area (Å²) in [6.45, 7) is 0. The van der Waals surface area contributed by atoms with Crippen molar-refractivity contribution >= 4 is 5.65 Å². The van der Waals surface area contributed by atoms with Crippen LogP contribution < -0.4 is 4.74 Å². The Morgan fingerprint density at radius 1 is 1.26 bits per heavy atom. The highest BCUT2D eigenvalue weighted by Crippen LogP contribution is 2.20. The van der Waals surface area contributed by atoms with Gasteiger partial charge in [0.15, 0.2) is 11.4 Å². The maximum absolute atomic E-state index is 9.47. The van der Waals surface area contributed by atoms with Gasteiger partial charge in [0, 0.05) is 18.8 Å². The number of pyridine rings is 1. The first-order chi connectivity index (χ1) is 9.26. The van der Waals surface area contributed by atoms with Crippen molar-refractivity contribution in [1.29, 1.82) is 0 Å². The predicted octanol–water partition coefficient (Wildman–Crippen LogP) is 2.64. The first-order valence-corrected chi connectivity index (χ1v) is 6.05. The fourth-order valence-electron chi connectivity index (χ4n) is 2.16. The molecule has 0 unspecified atom stereocenters. The van der Waals surface area contributed by atoms with Gasteiger partial charge < -0.3 is 14.2 Å². The Kier molecular flexibility index (Phi) is 2.83. The number of aromatic nitrogens is 2. The summed E-state index contributed by atoms with van der Waals surface area (Å²) in [5.74, 6) is 1.03. The van der Waals surface area contributed by atoms with Gasteiger partial charge in [-0.15, -0.1) is 0 Å². The molecule has 0 atom stereocenters. The maximum Gasteiger partial charge on any atom is 0.179 e. The van der Waals surface area contributed by atoms with Crippen LogP contribution in [0.4, 0.5) is 0 Å². The van der Waals surface area contributed by atoms with Gasteiger partial charge >= 0.3 is 0 Å². The molecule has 1 aromatic carbocycles. The molecule has 0 bridgehead atoms. The lowest BCUT2D eigenvalue weighted by atomic mass is 10.1. The van der Waals surface area contributed by atoms with Gasteiger partial charge in [0.05, 0.1) is 12.8 Å². The second-order valence-electron chi connectivity index (χ2n) is 4.39. The van der Waals surface area contributed by atoms with E-state index in [1.54, 1.807) is 19.2 Å². The molecule has 19 heavy (non-hydrogen) atoms. The second kappa shape index (κ2) is 4.65. The topological polar surface area (TPSA) is 46.8 Å². The third-order valence-electron chi connectivity index (χ3n) is 3.01. The smallest absolute Gasteiger partial charge is 0.179 e. The molecule has 0 aliphatic carbocycles. The Labute approximate surface area is 110 Å². The number of phenols is 1. The zero-order valence-electron chi connectivity index (χ0n) is 10.6. The van der Waals surface area contributed by atoms with Crippen LogP contribution >= 0.6 is 0 Å². The van der Waals surface area contributed by atoms with Crippen LogP contribution in [0.25, 0.3) is 5.65 Å². The van der Waals surface area contributed by atoms with Crippen LogP contribution in [0.3, 0.4) is 0 Å². The van der Waals surface area contributed by atoms with E-state index in [4.69, 9.17) is 4.74 Å². The van der Waals surface area contributed by atoms with Crippen LogP contribution in [0.5, 0.6) is 11.5 Å². The zero-order valence-corrected chi connectivity index (χ0v) is 10.6. The van der Waals surface area contributed by atoms with E-state index in [2.05, 4.69) is 4.98 Å². The summed E-state index contributed by atoms with van der Waals surface area (Å²) in [4.78, 5) is 4.56. The van der Waals surface area contributed by atoms with E-state index in [-0.39, 0.29) is 5.75 Å². The van der Waals surface area contributed by atoms with E-state index < -0.39 is 0 Å². The van der Waals surface area contributed by atoms with Crippen molar-refractivity contribution < 1.29 is 9.84 Å². The summed E-state index contributed by atoms with van der Waals surface area (Å²) in [5, 5.41) is 9.47. The fourth-order valence-corrected chi connectivity index (χ4v) is 2.16. The van der Waals surface area contributed by atoms with Gasteiger partial charge in [-0.1, -0.05) is 12.1 Å². The molecule has 0 fully saturated rings. The number of benzene rings is 1. The normalized spacial score (nSPS) is 10.8. The van der Waals surface area contributed by atoms with Crippen LogP contribution in [0.1, 0.15) is 11.3 Å². The van der Waals surface area contributed by atoms with Gasteiger partial charge in [0.1, 0.15) is 5.75 Å². The van der Waals surface area contributed by atoms with E-state index in [1.807, 2.05) is 41.1 Å². The largest absolute Gasteiger partial charge is 0.508 e. The summed E-state index contributed by atoms with van der Waals surface area (Å²) in [7, 11) is 1.64. The van der Waals surface area contributed by atoms with Crippen molar-refractivity contribution in [2.75, 3.05) is 7.11 Å². The molecule has 0 amide bonds. The molecule has 2 heterocycles. The molecule has 0 radical (unpaired) electrons. The molecular weight excluding hydrogens is 240 g/mol. The lowest BCUT2D eigenvalue weighted by Crippen LogP contribution is -1.89. The lowest BCUT2D eigenvalue weighted by molar-refractivity contribution is 0.417. The molecule has 96 valence electrons. The van der Waals surface area contributed by atoms with Crippen molar-refractivity contribution in [2.24, 2.45) is 0 Å². The third kappa shape index (κ3) is 2.25. The molecule has 2 aromatic heterocycles. The van der Waals surface area contributed by atoms with E-state index in [0.29, 0.717) is 6.42 Å². The van der Waals surface area contributed by atoms with Crippen molar-refractivity contribution in [3.63, 3.8) is 0 Å². The van der Waals surface area contributed by atoms with Gasteiger partial charge in [-0.25, -0.2) is 4.98 Å². The van der Waals surface area contributed by atoms with Crippen molar-refractivity contribution in [3.05, 3.63) is 60.0 Å². The number of methoxy groups -OCH3 is 1. The van der Waals surface area contributed by atoms with Crippen molar-refractivity contribution in [2.45, 2.75) is 6.42 Å². The van der Waals surface area contributed by atoms with Crippen LogP contribution in [0.2, 0.25) is 0 Å². The highest BCUT2D eigenvalue weighted by Gasteiger charge is 2.07. The molecule has 0 saturated carbocycles. The number of fused-ring (bicyclic) bond motifs is 1. The van der Waals surface area contributed by atoms with Crippen molar-refractivity contribution in [3.8, 4) is 11.5 Å². The highest BCUT2D eigenvalue weighted by atomic mass is 16.5. The molecule has 4 nitrogen and oxygen atoms in total. The van der Waals surface area contributed by atoms with Gasteiger partial charge in [0.2, 0.25) is 0 Å². The predicted molar refractivity (Wildman–Crippen MR) is 72.7 cm³/mol. The van der Waals surface area contributed by atoms with Gasteiger partial charge in [-0.05, 0) is 29.8 Å². The number of hydrogen-bond donors (Lipinski definition) is 1. The Morgan fingerprint density at radius 3 is 2.95 bits per heavy atom. The molecule has 4 heteroatoms. The minimum absolute atomic E-state index is 0.277. The summed E-state index contributed by atoms with van der Waals surface area (Å²) in [5.41, 5.74) is 2.78.